The first kappa shape index (κ1) is 19.9. The number of carbonyl (C=O) groups is 2. The van der Waals surface area contributed by atoms with Gasteiger partial charge in [0, 0.05) is 19.1 Å². The van der Waals surface area contributed by atoms with Gasteiger partial charge in [-0.1, -0.05) is 6.92 Å². The molecule has 0 spiro atoms. The number of hydrogen-bond acceptors (Lipinski definition) is 5. The molecule has 0 unspecified atom stereocenters. The number of carboxylic acid groups (broad SMARTS) is 1. The number of nitrogens with zero attached hydrogens (tertiary/aromatic N) is 2. The summed E-state index contributed by atoms with van der Waals surface area (Å²) >= 11 is 1.32. The molecule has 0 aliphatic carbocycles. The predicted molar refractivity (Wildman–Crippen MR) is 96.4 cm³/mol. The molecule has 1 aromatic heterocycles. The third-order valence-electron chi connectivity index (χ3n) is 4.51. The zero-order valence-electron chi connectivity index (χ0n) is 14.5. The smallest absolute Gasteiger partial charge is 0.323 e. The maximum atomic E-state index is 12.9. The first-order chi connectivity index (χ1) is 11.8. The van der Waals surface area contributed by atoms with Crippen LogP contribution in [0.2, 0.25) is 0 Å². The van der Waals surface area contributed by atoms with Gasteiger partial charge in [0.2, 0.25) is 10.0 Å². The summed E-state index contributed by atoms with van der Waals surface area (Å²) < 4.78 is 25.4. The van der Waals surface area contributed by atoms with E-state index in [1.54, 1.807) is 6.92 Å². The lowest BCUT2D eigenvalue weighted by atomic mass is 10.0. The monoisotopic (exact) mass is 388 g/mol. The minimum absolute atomic E-state index is 0.0461. The molecule has 2 rings (SSSR count). The molecule has 0 bridgehead atoms. The molecule has 9 heteroatoms. The Morgan fingerprint density at radius 2 is 1.96 bits per heavy atom. The van der Waals surface area contributed by atoms with Crippen LogP contribution in [0.1, 0.15) is 41.9 Å². The molecule has 1 amide bonds. The SMILES string of the molecule is CCc1ccsc1C(=O)N(CC(=O)O)C1CCN(S(=O)(=O)CC)CC1. The lowest BCUT2D eigenvalue weighted by Gasteiger charge is -2.37. The minimum atomic E-state index is -3.25. The molecule has 0 atom stereocenters. The van der Waals surface area contributed by atoms with Crippen LogP contribution < -0.4 is 0 Å². The van der Waals surface area contributed by atoms with Crippen molar-refractivity contribution >= 4 is 33.2 Å². The summed E-state index contributed by atoms with van der Waals surface area (Å²) in [4.78, 5) is 26.1. The average molecular weight is 389 g/mol. The Hall–Kier alpha value is -1.45. The summed E-state index contributed by atoms with van der Waals surface area (Å²) in [6.07, 6.45) is 1.61. The van der Waals surface area contributed by atoms with E-state index in [0.29, 0.717) is 37.2 Å². The third-order valence-corrected chi connectivity index (χ3v) is 7.34. The van der Waals surface area contributed by atoms with Crippen LogP contribution in [0.15, 0.2) is 11.4 Å². The maximum absolute atomic E-state index is 12.9. The van der Waals surface area contributed by atoms with Crippen molar-refractivity contribution in [1.82, 2.24) is 9.21 Å². The van der Waals surface area contributed by atoms with Gasteiger partial charge in [-0.3, -0.25) is 9.59 Å². The van der Waals surface area contributed by atoms with Gasteiger partial charge >= 0.3 is 5.97 Å². The summed E-state index contributed by atoms with van der Waals surface area (Å²) in [6, 6.07) is 1.62. The second-order valence-corrected chi connectivity index (χ2v) is 9.16. The summed E-state index contributed by atoms with van der Waals surface area (Å²) in [5.74, 6) is -1.29. The molecule has 0 radical (unpaired) electrons. The molecule has 2 heterocycles. The van der Waals surface area contributed by atoms with Gasteiger partial charge in [0.15, 0.2) is 0 Å². The fourth-order valence-corrected chi connectivity index (χ4v) is 5.14. The molecular formula is C16H24N2O5S2. The van der Waals surface area contributed by atoms with Crippen molar-refractivity contribution in [2.75, 3.05) is 25.4 Å². The number of sulfonamides is 1. The molecular weight excluding hydrogens is 364 g/mol. The Labute approximate surface area is 152 Å². The second-order valence-electron chi connectivity index (χ2n) is 5.99. The van der Waals surface area contributed by atoms with Crippen molar-refractivity contribution in [3.8, 4) is 0 Å². The van der Waals surface area contributed by atoms with Gasteiger partial charge in [-0.25, -0.2) is 12.7 Å². The Morgan fingerprint density at radius 1 is 1.32 bits per heavy atom. The number of hydrogen-bond donors (Lipinski definition) is 1. The number of piperidine rings is 1. The van der Waals surface area contributed by atoms with E-state index in [0.717, 1.165) is 5.56 Å². The Balaban J connectivity index is 2.16. The Bertz CT molecular complexity index is 721. The van der Waals surface area contributed by atoms with E-state index in [2.05, 4.69) is 0 Å². The van der Waals surface area contributed by atoms with Crippen LogP contribution in [0, 0.1) is 0 Å². The van der Waals surface area contributed by atoms with Crippen molar-refractivity contribution in [3.05, 3.63) is 21.9 Å². The number of carboxylic acids is 1. The summed E-state index contributed by atoms with van der Waals surface area (Å²) in [5.41, 5.74) is 0.913. The molecule has 7 nitrogen and oxygen atoms in total. The van der Waals surface area contributed by atoms with Crippen LogP contribution in [0.4, 0.5) is 0 Å². The Kier molecular flexibility index (Phi) is 6.59. The largest absolute Gasteiger partial charge is 0.480 e. The normalized spacial score (nSPS) is 16.7. The van der Waals surface area contributed by atoms with Crippen molar-refractivity contribution in [2.45, 2.75) is 39.2 Å². The van der Waals surface area contributed by atoms with E-state index >= 15 is 0 Å². The maximum Gasteiger partial charge on any atom is 0.323 e. The predicted octanol–water partition coefficient (Wildman–Crippen LogP) is 1.65. The van der Waals surface area contributed by atoms with Gasteiger partial charge in [-0.15, -0.1) is 11.3 Å². The van der Waals surface area contributed by atoms with Gasteiger partial charge in [0.25, 0.3) is 5.91 Å². The number of carbonyl (C=O) groups excluding carboxylic acids is 1. The highest BCUT2D eigenvalue weighted by Gasteiger charge is 2.34. The highest BCUT2D eigenvalue weighted by molar-refractivity contribution is 7.89. The number of rotatable bonds is 7. The molecule has 1 aromatic rings. The standard InChI is InChI=1S/C16H24N2O5S2/c1-3-12-7-10-24-15(12)16(21)18(11-14(19)20)13-5-8-17(9-6-13)25(22,23)4-2/h7,10,13H,3-6,8-9,11H2,1-2H3,(H,19,20). The van der Waals surface area contributed by atoms with E-state index in [9.17, 15) is 23.1 Å². The van der Waals surface area contributed by atoms with E-state index in [1.807, 2.05) is 18.4 Å². The molecule has 140 valence electrons. The van der Waals surface area contributed by atoms with Crippen LogP contribution in [-0.2, 0) is 21.2 Å². The third kappa shape index (κ3) is 4.59. The highest BCUT2D eigenvalue weighted by atomic mass is 32.2. The first-order valence-electron chi connectivity index (χ1n) is 8.37. The lowest BCUT2D eigenvalue weighted by Crippen LogP contribution is -2.50. The summed E-state index contributed by atoms with van der Waals surface area (Å²) in [7, 11) is -3.25. The molecule has 1 fully saturated rings. The molecule has 1 saturated heterocycles. The lowest BCUT2D eigenvalue weighted by molar-refractivity contribution is -0.138. The summed E-state index contributed by atoms with van der Waals surface area (Å²) in [5, 5.41) is 11.0. The topological polar surface area (TPSA) is 95.0 Å². The molecule has 0 saturated carbocycles. The quantitative estimate of drug-likeness (QED) is 0.766. The molecule has 1 N–H and O–H groups in total. The van der Waals surface area contributed by atoms with Gasteiger partial charge < -0.3 is 10.0 Å². The number of thiophene rings is 1. The van der Waals surface area contributed by atoms with Gasteiger partial charge in [0.1, 0.15) is 6.54 Å². The number of amides is 1. The fourth-order valence-electron chi connectivity index (χ4n) is 3.06. The van der Waals surface area contributed by atoms with Crippen LogP contribution in [0.25, 0.3) is 0 Å². The van der Waals surface area contributed by atoms with Crippen LogP contribution in [-0.4, -0.2) is 66.0 Å². The summed E-state index contributed by atoms with van der Waals surface area (Å²) in [6.45, 7) is 3.81. The number of aryl methyl sites for hydroxylation is 1. The first-order valence-corrected chi connectivity index (χ1v) is 10.9. The van der Waals surface area contributed by atoms with Gasteiger partial charge in [-0.05, 0) is 43.2 Å². The van der Waals surface area contributed by atoms with E-state index < -0.39 is 16.0 Å². The van der Waals surface area contributed by atoms with Crippen LogP contribution in [0.3, 0.4) is 0 Å². The number of aliphatic carboxylic acids is 1. The highest BCUT2D eigenvalue weighted by Crippen LogP contribution is 2.25. The zero-order valence-corrected chi connectivity index (χ0v) is 16.1. The van der Waals surface area contributed by atoms with Crippen molar-refractivity contribution in [3.63, 3.8) is 0 Å². The van der Waals surface area contributed by atoms with E-state index in [4.69, 9.17) is 0 Å². The molecule has 25 heavy (non-hydrogen) atoms. The van der Waals surface area contributed by atoms with E-state index in [1.165, 1.54) is 20.5 Å². The fraction of sp³-hybridized carbons (Fsp3) is 0.625. The van der Waals surface area contributed by atoms with Gasteiger partial charge in [-0.2, -0.15) is 0 Å². The second kappa shape index (κ2) is 8.29. The molecule has 1 aliphatic heterocycles. The van der Waals surface area contributed by atoms with Crippen molar-refractivity contribution in [2.24, 2.45) is 0 Å². The molecule has 0 aromatic carbocycles. The Morgan fingerprint density at radius 3 is 2.48 bits per heavy atom. The van der Waals surface area contributed by atoms with Crippen LogP contribution in [0.5, 0.6) is 0 Å². The zero-order chi connectivity index (χ0) is 18.6. The minimum Gasteiger partial charge on any atom is -0.480 e. The molecule has 1 aliphatic rings. The van der Waals surface area contributed by atoms with Crippen LogP contribution >= 0.6 is 11.3 Å². The van der Waals surface area contributed by atoms with Gasteiger partial charge in [0.05, 0.1) is 10.6 Å². The average Bonchev–Trinajstić information content (AvgIpc) is 3.07. The van der Waals surface area contributed by atoms with E-state index in [-0.39, 0.29) is 24.2 Å². The van der Waals surface area contributed by atoms with Crippen molar-refractivity contribution < 1.29 is 23.1 Å². The van der Waals surface area contributed by atoms with Crippen molar-refractivity contribution in [1.29, 1.82) is 0 Å².